The lowest BCUT2D eigenvalue weighted by atomic mass is 9.76. The van der Waals surface area contributed by atoms with E-state index in [1.54, 1.807) is 12.1 Å². The lowest BCUT2D eigenvalue weighted by molar-refractivity contribution is 0.00578. The highest BCUT2D eigenvalue weighted by Crippen LogP contribution is 2.39. The summed E-state index contributed by atoms with van der Waals surface area (Å²) in [6.45, 7) is 15.5. The Morgan fingerprint density at radius 3 is 2.32 bits per heavy atom. The number of alkyl carbamates (subject to hydrolysis) is 1. The standard InChI is InChI=1S/C21H32BNO5/c1-14-9-10-17(24)12-15(14)11-16(13-23-18(25)26-19(2,3)4)22-27-20(5,6)21(7,8)28-22/h9-12,24H,13H2,1-8H3,(H,23,25). The summed E-state index contributed by atoms with van der Waals surface area (Å²) in [7, 11) is -0.623. The van der Waals surface area contributed by atoms with Crippen LogP contribution in [-0.2, 0) is 14.0 Å². The maximum absolute atomic E-state index is 12.1. The summed E-state index contributed by atoms with van der Waals surface area (Å²) in [5, 5.41) is 12.6. The van der Waals surface area contributed by atoms with Crippen molar-refractivity contribution in [3.05, 3.63) is 34.8 Å². The molecule has 6 nitrogen and oxygen atoms in total. The van der Waals surface area contributed by atoms with E-state index in [1.807, 2.05) is 67.5 Å². The molecule has 0 spiro atoms. The van der Waals surface area contributed by atoms with Crippen molar-refractivity contribution in [1.82, 2.24) is 5.32 Å². The molecule has 154 valence electrons. The minimum atomic E-state index is -0.623. The second-order valence-electron chi connectivity index (χ2n) is 9.20. The third-order valence-electron chi connectivity index (χ3n) is 5.00. The fourth-order valence-corrected chi connectivity index (χ4v) is 2.67. The first-order valence-corrected chi connectivity index (χ1v) is 9.53. The summed E-state index contributed by atoms with van der Waals surface area (Å²) in [5.41, 5.74) is 0.964. The quantitative estimate of drug-likeness (QED) is 0.754. The minimum Gasteiger partial charge on any atom is -0.508 e. The maximum atomic E-state index is 12.1. The third-order valence-corrected chi connectivity index (χ3v) is 5.00. The van der Waals surface area contributed by atoms with Crippen molar-refractivity contribution in [2.75, 3.05) is 6.54 Å². The molecule has 1 aliphatic heterocycles. The number of hydrogen-bond acceptors (Lipinski definition) is 5. The number of aromatic hydroxyl groups is 1. The van der Waals surface area contributed by atoms with E-state index in [4.69, 9.17) is 14.0 Å². The van der Waals surface area contributed by atoms with E-state index in [1.165, 1.54) is 0 Å². The average Bonchev–Trinajstić information content (AvgIpc) is 2.73. The summed E-state index contributed by atoms with van der Waals surface area (Å²) >= 11 is 0. The summed E-state index contributed by atoms with van der Waals surface area (Å²) < 4.78 is 17.6. The molecule has 1 aromatic rings. The molecule has 28 heavy (non-hydrogen) atoms. The Kier molecular flexibility index (Phi) is 6.21. The molecule has 1 fully saturated rings. The second-order valence-corrected chi connectivity index (χ2v) is 9.20. The van der Waals surface area contributed by atoms with Gasteiger partial charge in [0.2, 0.25) is 0 Å². The van der Waals surface area contributed by atoms with Crippen LogP contribution < -0.4 is 5.32 Å². The van der Waals surface area contributed by atoms with Crippen molar-refractivity contribution >= 4 is 19.3 Å². The van der Waals surface area contributed by atoms with Crippen LogP contribution in [0.15, 0.2) is 23.7 Å². The van der Waals surface area contributed by atoms with Gasteiger partial charge in [-0.1, -0.05) is 12.1 Å². The molecule has 1 saturated heterocycles. The lowest BCUT2D eigenvalue weighted by Gasteiger charge is -2.32. The molecule has 0 aliphatic carbocycles. The van der Waals surface area contributed by atoms with Gasteiger partial charge in [0.25, 0.3) is 0 Å². The number of carbonyl (C=O) groups is 1. The Labute approximate surface area is 168 Å². The normalized spacial score (nSPS) is 18.9. The van der Waals surface area contributed by atoms with Crippen molar-refractivity contribution in [2.24, 2.45) is 0 Å². The lowest BCUT2D eigenvalue weighted by Crippen LogP contribution is -2.41. The van der Waals surface area contributed by atoms with Crippen LogP contribution >= 0.6 is 0 Å². The molecule has 0 atom stereocenters. The van der Waals surface area contributed by atoms with Gasteiger partial charge < -0.3 is 24.5 Å². The monoisotopic (exact) mass is 389 g/mol. The molecule has 1 amide bonds. The minimum absolute atomic E-state index is 0.171. The summed E-state index contributed by atoms with van der Waals surface area (Å²) in [6, 6.07) is 5.15. The molecular formula is C21H32BNO5. The maximum Gasteiger partial charge on any atom is 0.492 e. The van der Waals surface area contributed by atoms with Crippen molar-refractivity contribution in [3.63, 3.8) is 0 Å². The van der Waals surface area contributed by atoms with E-state index >= 15 is 0 Å². The van der Waals surface area contributed by atoms with Crippen LogP contribution in [0.3, 0.4) is 0 Å². The topological polar surface area (TPSA) is 77.0 Å². The molecule has 0 saturated carbocycles. The van der Waals surface area contributed by atoms with Gasteiger partial charge in [0, 0.05) is 6.54 Å². The second kappa shape index (κ2) is 7.80. The summed E-state index contributed by atoms with van der Waals surface area (Å²) in [4.78, 5) is 12.1. The SMILES string of the molecule is Cc1ccc(O)cc1C=C(CNC(=O)OC(C)(C)C)B1OC(C)(C)C(C)(C)O1. The number of benzene rings is 1. The van der Waals surface area contributed by atoms with Gasteiger partial charge in [0.05, 0.1) is 11.2 Å². The number of aryl methyl sites for hydroxylation is 1. The Morgan fingerprint density at radius 1 is 1.21 bits per heavy atom. The van der Waals surface area contributed by atoms with E-state index in [0.29, 0.717) is 0 Å². The number of amides is 1. The van der Waals surface area contributed by atoms with Crippen LogP contribution in [0.25, 0.3) is 6.08 Å². The predicted molar refractivity (Wildman–Crippen MR) is 111 cm³/mol. The number of rotatable bonds is 4. The van der Waals surface area contributed by atoms with Crippen LogP contribution in [0, 0.1) is 6.92 Å². The highest BCUT2D eigenvalue weighted by molar-refractivity contribution is 6.56. The van der Waals surface area contributed by atoms with E-state index in [9.17, 15) is 9.90 Å². The first-order chi connectivity index (χ1) is 12.7. The average molecular weight is 389 g/mol. The predicted octanol–water partition coefficient (Wildman–Crippen LogP) is 4.24. The zero-order chi connectivity index (χ0) is 21.3. The fourth-order valence-electron chi connectivity index (χ4n) is 2.67. The van der Waals surface area contributed by atoms with E-state index < -0.39 is 30.0 Å². The molecular weight excluding hydrogens is 357 g/mol. The highest BCUT2D eigenvalue weighted by atomic mass is 16.7. The zero-order valence-corrected chi connectivity index (χ0v) is 18.2. The number of phenols is 1. The molecule has 2 rings (SSSR count). The van der Waals surface area contributed by atoms with Crippen molar-refractivity contribution in [1.29, 1.82) is 0 Å². The van der Waals surface area contributed by atoms with Crippen molar-refractivity contribution < 1.29 is 23.9 Å². The fraction of sp³-hybridized carbons (Fsp3) is 0.571. The molecule has 0 radical (unpaired) electrons. The number of hydrogen-bond donors (Lipinski definition) is 2. The molecule has 7 heteroatoms. The Balaban J connectivity index is 2.30. The van der Waals surface area contributed by atoms with Crippen LogP contribution in [0.1, 0.15) is 59.6 Å². The summed E-state index contributed by atoms with van der Waals surface area (Å²) in [5.74, 6) is 0.171. The van der Waals surface area contributed by atoms with Gasteiger partial charge in [-0.15, -0.1) is 0 Å². The number of phenolic OH excluding ortho intramolecular Hbond substituents is 1. The third kappa shape index (κ3) is 5.52. The molecule has 0 unspecified atom stereocenters. The van der Waals surface area contributed by atoms with Gasteiger partial charge >= 0.3 is 13.2 Å². The number of carbonyl (C=O) groups excluding carboxylic acids is 1. The van der Waals surface area contributed by atoms with Gasteiger partial charge in [-0.05, 0) is 84.1 Å². The molecule has 1 heterocycles. The number of ether oxygens (including phenoxy) is 1. The smallest absolute Gasteiger partial charge is 0.492 e. The van der Waals surface area contributed by atoms with Gasteiger partial charge in [0.1, 0.15) is 11.4 Å². The first kappa shape index (κ1) is 22.3. The van der Waals surface area contributed by atoms with E-state index in [2.05, 4.69) is 5.32 Å². The molecule has 1 aromatic carbocycles. The van der Waals surface area contributed by atoms with Gasteiger partial charge in [-0.2, -0.15) is 0 Å². The van der Waals surface area contributed by atoms with Crippen LogP contribution in [-0.4, -0.2) is 41.7 Å². The van der Waals surface area contributed by atoms with Crippen LogP contribution in [0.2, 0.25) is 0 Å². The Morgan fingerprint density at radius 2 is 1.79 bits per heavy atom. The first-order valence-electron chi connectivity index (χ1n) is 9.53. The van der Waals surface area contributed by atoms with Gasteiger partial charge in [-0.3, -0.25) is 0 Å². The largest absolute Gasteiger partial charge is 0.508 e. The molecule has 0 aromatic heterocycles. The van der Waals surface area contributed by atoms with E-state index in [-0.39, 0.29) is 12.3 Å². The zero-order valence-electron chi connectivity index (χ0n) is 18.2. The Hall–Kier alpha value is -1.99. The van der Waals surface area contributed by atoms with Crippen LogP contribution in [0.5, 0.6) is 5.75 Å². The van der Waals surface area contributed by atoms with Gasteiger partial charge in [-0.25, -0.2) is 4.79 Å². The molecule has 1 aliphatic rings. The van der Waals surface area contributed by atoms with Crippen molar-refractivity contribution in [3.8, 4) is 5.75 Å². The highest BCUT2D eigenvalue weighted by Gasteiger charge is 2.52. The van der Waals surface area contributed by atoms with E-state index in [0.717, 1.165) is 16.6 Å². The number of nitrogens with one attached hydrogen (secondary N) is 1. The van der Waals surface area contributed by atoms with Crippen molar-refractivity contribution in [2.45, 2.75) is 72.2 Å². The Bertz CT molecular complexity index is 749. The molecule has 2 N–H and O–H groups in total. The van der Waals surface area contributed by atoms with Gasteiger partial charge in [0.15, 0.2) is 0 Å². The van der Waals surface area contributed by atoms with Crippen LogP contribution in [0.4, 0.5) is 4.79 Å². The summed E-state index contributed by atoms with van der Waals surface area (Å²) in [6.07, 6.45) is 1.37. The molecule has 0 bridgehead atoms.